The lowest BCUT2D eigenvalue weighted by Gasteiger charge is -2.09. The van der Waals surface area contributed by atoms with Crippen LogP contribution in [0.4, 0.5) is 13.8 Å². The van der Waals surface area contributed by atoms with E-state index in [4.69, 9.17) is 4.74 Å². The molecule has 0 spiro atoms. The molecule has 0 fully saturated rings. The smallest absolute Gasteiger partial charge is 0.387 e. The number of thiophene rings is 1. The zero-order valence-corrected chi connectivity index (χ0v) is 14.8. The van der Waals surface area contributed by atoms with Gasteiger partial charge >= 0.3 is 12.6 Å². The largest absolute Gasteiger partial charge is 0.462 e. The fourth-order valence-corrected chi connectivity index (χ4v) is 4.15. The standard InChI is InChI=1S/C18H17F2NO4S/c1-2-24-17(23)14-12-4-3-5-13(12)26-16(14)21-15(22)10-6-8-11(9-7-10)25-18(19)20/h6-9,18H,2-5H2,1H3,(H,21,22). The molecule has 3 rings (SSSR count). The molecule has 0 saturated heterocycles. The lowest BCUT2D eigenvalue weighted by Crippen LogP contribution is -2.15. The quantitative estimate of drug-likeness (QED) is 0.759. The van der Waals surface area contributed by atoms with Crippen LogP contribution in [0.3, 0.4) is 0 Å². The molecule has 0 radical (unpaired) electrons. The summed E-state index contributed by atoms with van der Waals surface area (Å²) in [6.07, 6.45) is 2.64. The Morgan fingerprint density at radius 3 is 2.62 bits per heavy atom. The number of benzene rings is 1. The summed E-state index contributed by atoms with van der Waals surface area (Å²) in [5.74, 6) is -0.902. The minimum absolute atomic E-state index is 0.0288. The Kier molecular flexibility index (Phi) is 5.51. The highest BCUT2D eigenvalue weighted by molar-refractivity contribution is 7.17. The summed E-state index contributed by atoms with van der Waals surface area (Å²) in [5.41, 5.74) is 1.65. The van der Waals surface area contributed by atoms with E-state index in [9.17, 15) is 18.4 Å². The van der Waals surface area contributed by atoms with Gasteiger partial charge in [0.05, 0.1) is 12.2 Å². The van der Waals surface area contributed by atoms with Crippen molar-refractivity contribution in [3.05, 3.63) is 45.8 Å². The van der Waals surface area contributed by atoms with Crippen molar-refractivity contribution < 1.29 is 27.8 Å². The van der Waals surface area contributed by atoms with E-state index in [0.717, 1.165) is 29.7 Å². The first-order valence-electron chi connectivity index (χ1n) is 8.17. The minimum Gasteiger partial charge on any atom is -0.462 e. The predicted octanol–water partition coefficient (Wildman–Crippen LogP) is 4.27. The van der Waals surface area contributed by atoms with Crippen molar-refractivity contribution in [2.75, 3.05) is 11.9 Å². The summed E-state index contributed by atoms with van der Waals surface area (Å²) in [4.78, 5) is 25.8. The summed E-state index contributed by atoms with van der Waals surface area (Å²) < 4.78 is 33.8. The number of carbonyl (C=O) groups is 2. The number of aryl methyl sites for hydroxylation is 1. The number of anilines is 1. The third-order valence-electron chi connectivity index (χ3n) is 3.97. The van der Waals surface area contributed by atoms with Crippen molar-refractivity contribution in [2.45, 2.75) is 32.8 Å². The van der Waals surface area contributed by atoms with E-state index in [1.54, 1.807) is 6.92 Å². The number of esters is 1. The normalized spacial score (nSPS) is 12.8. The van der Waals surface area contributed by atoms with Gasteiger partial charge in [-0.25, -0.2) is 4.79 Å². The Bertz CT molecular complexity index is 817. The van der Waals surface area contributed by atoms with E-state index >= 15 is 0 Å². The van der Waals surface area contributed by atoms with Gasteiger partial charge in [0, 0.05) is 10.4 Å². The van der Waals surface area contributed by atoms with Crippen LogP contribution in [0.1, 0.15) is 44.5 Å². The van der Waals surface area contributed by atoms with Crippen LogP contribution in [0, 0.1) is 0 Å². The summed E-state index contributed by atoms with van der Waals surface area (Å²) in [6.45, 7) is -0.941. The Morgan fingerprint density at radius 2 is 1.96 bits per heavy atom. The Labute approximate surface area is 152 Å². The van der Waals surface area contributed by atoms with Crippen molar-refractivity contribution in [1.29, 1.82) is 0 Å². The number of nitrogens with one attached hydrogen (secondary N) is 1. The minimum atomic E-state index is -2.92. The van der Waals surface area contributed by atoms with E-state index < -0.39 is 18.5 Å². The second-order valence-electron chi connectivity index (χ2n) is 5.64. The molecule has 0 saturated carbocycles. The van der Waals surface area contributed by atoms with Crippen LogP contribution in [0.5, 0.6) is 5.75 Å². The fourth-order valence-electron chi connectivity index (χ4n) is 2.87. The van der Waals surface area contributed by atoms with Crippen molar-refractivity contribution >= 4 is 28.2 Å². The van der Waals surface area contributed by atoms with Gasteiger partial charge in [0.2, 0.25) is 0 Å². The van der Waals surface area contributed by atoms with Gasteiger partial charge in [0.15, 0.2) is 0 Å². The van der Waals surface area contributed by atoms with Crippen LogP contribution in [-0.4, -0.2) is 25.1 Å². The highest BCUT2D eigenvalue weighted by Crippen LogP contribution is 2.39. The van der Waals surface area contributed by atoms with E-state index in [0.29, 0.717) is 10.6 Å². The van der Waals surface area contributed by atoms with Crippen LogP contribution < -0.4 is 10.1 Å². The van der Waals surface area contributed by atoms with Crippen molar-refractivity contribution in [1.82, 2.24) is 0 Å². The SMILES string of the molecule is CCOC(=O)c1c(NC(=O)c2ccc(OC(F)F)cc2)sc2c1CCC2. The molecule has 1 aliphatic rings. The maximum Gasteiger partial charge on any atom is 0.387 e. The van der Waals surface area contributed by atoms with Crippen LogP contribution in [0.25, 0.3) is 0 Å². The molecule has 1 heterocycles. The van der Waals surface area contributed by atoms with Crippen LogP contribution in [0.2, 0.25) is 0 Å². The first-order chi connectivity index (χ1) is 12.5. The molecule has 0 unspecified atom stereocenters. The molecule has 1 N–H and O–H groups in total. The highest BCUT2D eigenvalue weighted by atomic mass is 32.1. The van der Waals surface area contributed by atoms with Crippen molar-refractivity contribution in [3.63, 3.8) is 0 Å². The molecule has 26 heavy (non-hydrogen) atoms. The summed E-state index contributed by atoms with van der Waals surface area (Å²) in [6, 6.07) is 5.36. The molecule has 0 bridgehead atoms. The molecule has 1 aromatic heterocycles. The molecule has 5 nitrogen and oxygen atoms in total. The van der Waals surface area contributed by atoms with Gasteiger partial charge in [-0.2, -0.15) is 8.78 Å². The number of carbonyl (C=O) groups excluding carboxylic acids is 2. The van der Waals surface area contributed by atoms with Gasteiger partial charge in [0.25, 0.3) is 5.91 Å². The average molecular weight is 381 g/mol. The third kappa shape index (κ3) is 3.85. The zero-order valence-electron chi connectivity index (χ0n) is 14.0. The molecule has 2 aromatic rings. The molecule has 1 amide bonds. The molecule has 8 heteroatoms. The summed E-state index contributed by atoms with van der Waals surface area (Å²) in [5, 5.41) is 3.21. The third-order valence-corrected chi connectivity index (χ3v) is 5.18. The molecule has 1 aromatic carbocycles. The van der Waals surface area contributed by atoms with E-state index in [-0.39, 0.29) is 17.9 Å². The van der Waals surface area contributed by atoms with E-state index in [2.05, 4.69) is 10.1 Å². The number of halogens is 2. The molecule has 1 aliphatic carbocycles. The Morgan fingerprint density at radius 1 is 1.23 bits per heavy atom. The lowest BCUT2D eigenvalue weighted by molar-refractivity contribution is -0.0498. The summed E-state index contributed by atoms with van der Waals surface area (Å²) >= 11 is 1.38. The molecule has 0 aliphatic heterocycles. The van der Waals surface area contributed by atoms with E-state index in [1.807, 2.05) is 0 Å². The van der Waals surface area contributed by atoms with Gasteiger partial charge in [0.1, 0.15) is 10.8 Å². The number of alkyl halides is 2. The topological polar surface area (TPSA) is 64.6 Å². The monoisotopic (exact) mass is 381 g/mol. The predicted molar refractivity (Wildman–Crippen MR) is 93.3 cm³/mol. The number of rotatable bonds is 6. The van der Waals surface area contributed by atoms with Crippen LogP contribution in [0.15, 0.2) is 24.3 Å². The molecule has 138 valence electrons. The second kappa shape index (κ2) is 7.82. The Hall–Kier alpha value is -2.48. The fraction of sp³-hybridized carbons (Fsp3) is 0.333. The Balaban J connectivity index is 1.80. The van der Waals surface area contributed by atoms with Gasteiger partial charge < -0.3 is 14.8 Å². The van der Waals surface area contributed by atoms with Crippen molar-refractivity contribution in [2.24, 2.45) is 0 Å². The van der Waals surface area contributed by atoms with Crippen molar-refractivity contribution in [3.8, 4) is 5.75 Å². The van der Waals surface area contributed by atoms with Crippen LogP contribution in [-0.2, 0) is 17.6 Å². The number of ether oxygens (including phenoxy) is 2. The number of fused-ring (bicyclic) bond motifs is 1. The zero-order chi connectivity index (χ0) is 18.7. The van der Waals surface area contributed by atoms with Gasteiger partial charge in [-0.3, -0.25) is 4.79 Å². The van der Waals surface area contributed by atoms with Gasteiger partial charge in [-0.1, -0.05) is 0 Å². The average Bonchev–Trinajstić information content (AvgIpc) is 3.15. The number of hydrogen-bond acceptors (Lipinski definition) is 5. The van der Waals surface area contributed by atoms with E-state index in [1.165, 1.54) is 35.6 Å². The van der Waals surface area contributed by atoms with Gasteiger partial charge in [-0.15, -0.1) is 11.3 Å². The number of hydrogen-bond donors (Lipinski definition) is 1. The highest BCUT2D eigenvalue weighted by Gasteiger charge is 2.28. The second-order valence-corrected chi connectivity index (χ2v) is 6.74. The maximum atomic E-state index is 12.5. The van der Waals surface area contributed by atoms with Gasteiger partial charge in [-0.05, 0) is 56.0 Å². The first-order valence-corrected chi connectivity index (χ1v) is 8.99. The number of amides is 1. The molecule has 0 atom stereocenters. The first kappa shape index (κ1) is 18.3. The molecular formula is C18H17F2NO4S. The van der Waals surface area contributed by atoms with Crippen LogP contribution >= 0.6 is 11.3 Å². The lowest BCUT2D eigenvalue weighted by atomic mass is 10.1. The summed E-state index contributed by atoms with van der Waals surface area (Å²) in [7, 11) is 0. The maximum absolute atomic E-state index is 12.5. The molecular weight excluding hydrogens is 364 g/mol.